The van der Waals surface area contributed by atoms with Crippen LogP contribution >= 0.6 is 11.6 Å². The van der Waals surface area contributed by atoms with Crippen molar-refractivity contribution in [3.05, 3.63) is 73.3 Å². The van der Waals surface area contributed by atoms with Gasteiger partial charge in [0.15, 0.2) is 0 Å². The molecule has 0 spiro atoms. The maximum absolute atomic E-state index is 12.6. The van der Waals surface area contributed by atoms with Crippen LogP contribution in [0.25, 0.3) is 11.0 Å². The Hall–Kier alpha value is -2.86. The summed E-state index contributed by atoms with van der Waals surface area (Å²) in [5.74, 6) is -0.336. The number of nitrogens with one attached hydrogen (secondary N) is 1. The smallest absolute Gasteiger partial charge is 0.316 e. The van der Waals surface area contributed by atoms with E-state index in [4.69, 9.17) is 11.6 Å². The second kappa shape index (κ2) is 7.40. The molecule has 0 aliphatic carbocycles. The summed E-state index contributed by atoms with van der Waals surface area (Å²) in [7, 11) is 0. The third kappa shape index (κ3) is 3.28. The molecule has 7 heteroatoms. The second-order valence-corrected chi connectivity index (χ2v) is 6.60. The van der Waals surface area contributed by atoms with Gasteiger partial charge < -0.3 is 14.5 Å². The summed E-state index contributed by atoms with van der Waals surface area (Å²) >= 11 is 6.10. The number of hydrogen-bond donors (Lipinski definition) is 1. The van der Waals surface area contributed by atoms with Gasteiger partial charge in [0, 0.05) is 18.8 Å². The van der Waals surface area contributed by atoms with Gasteiger partial charge >= 0.3 is 11.1 Å². The van der Waals surface area contributed by atoms with Gasteiger partial charge in [0.05, 0.1) is 21.6 Å². The lowest BCUT2D eigenvalue weighted by Crippen LogP contribution is -2.41. The minimum atomic E-state index is -0.570. The monoisotopic (exact) mass is 385 g/mol. The summed E-state index contributed by atoms with van der Waals surface area (Å²) in [6, 6.07) is 10.3. The highest BCUT2D eigenvalue weighted by atomic mass is 35.5. The number of halogens is 1. The van der Waals surface area contributed by atoms with Gasteiger partial charge in [-0.2, -0.15) is 0 Å². The van der Waals surface area contributed by atoms with Crippen molar-refractivity contribution in [1.29, 1.82) is 0 Å². The predicted molar refractivity (Wildman–Crippen MR) is 108 cm³/mol. The van der Waals surface area contributed by atoms with Gasteiger partial charge in [-0.1, -0.05) is 23.7 Å². The molecule has 3 rings (SSSR count). The van der Waals surface area contributed by atoms with Crippen molar-refractivity contribution in [2.45, 2.75) is 33.9 Å². The number of aryl methyl sites for hydroxylation is 3. The minimum absolute atomic E-state index is 0.336. The maximum Gasteiger partial charge on any atom is 0.316 e. The molecule has 1 amide bonds. The Morgan fingerprint density at radius 1 is 1.00 bits per heavy atom. The van der Waals surface area contributed by atoms with E-state index in [2.05, 4.69) is 5.32 Å². The van der Waals surface area contributed by atoms with Crippen LogP contribution in [0.5, 0.6) is 0 Å². The molecular formula is C20H20ClN3O3. The van der Waals surface area contributed by atoms with Crippen LogP contribution in [0.15, 0.2) is 46.0 Å². The quantitative estimate of drug-likeness (QED) is 0.699. The largest absolute Gasteiger partial charge is 0.322 e. The van der Waals surface area contributed by atoms with Gasteiger partial charge in [0.25, 0.3) is 5.91 Å². The van der Waals surface area contributed by atoms with Crippen LogP contribution in [0, 0.1) is 6.92 Å². The molecule has 0 aliphatic rings. The van der Waals surface area contributed by atoms with Gasteiger partial charge in [-0.15, -0.1) is 0 Å². The SMILES string of the molecule is CCn1c(=O)c(=O)n(CC)c2cc(NC(=O)c3ccccc3Cl)c(C)cc21. The normalized spacial score (nSPS) is 11.0. The Morgan fingerprint density at radius 3 is 2.11 bits per heavy atom. The third-order valence-electron chi connectivity index (χ3n) is 4.58. The molecule has 0 saturated carbocycles. The summed E-state index contributed by atoms with van der Waals surface area (Å²) in [4.78, 5) is 37.3. The number of aromatic nitrogens is 2. The molecule has 0 saturated heterocycles. The first-order chi connectivity index (χ1) is 12.9. The molecule has 0 aliphatic heterocycles. The minimum Gasteiger partial charge on any atom is -0.322 e. The van der Waals surface area contributed by atoms with Gasteiger partial charge in [0.1, 0.15) is 0 Å². The molecule has 27 heavy (non-hydrogen) atoms. The zero-order valence-corrected chi connectivity index (χ0v) is 16.1. The van der Waals surface area contributed by atoms with Crippen molar-refractivity contribution >= 4 is 34.2 Å². The average Bonchev–Trinajstić information content (AvgIpc) is 2.65. The Bertz CT molecular complexity index is 1160. The van der Waals surface area contributed by atoms with Crippen LogP contribution in [-0.4, -0.2) is 15.0 Å². The van der Waals surface area contributed by atoms with Crippen molar-refractivity contribution in [2.75, 3.05) is 5.32 Å². The molecule has 1 aromatic heterocycles. The zero-order chi connectivity index (χ0) is 19.7. The molecular weight excluding hydrogens is 366 g/mol. The van der Waals surface area contributed by atoms with E-state index in [0.29, 0.717) is 40.4 Å². The van der Waals surface area contributed by atoms with Crippen LogP contribution in [0.3, 0.4) is 0 Å². The van der Waals surface area contributed by atoms with Crippen molar-refractivity contribution < 1.29 is 4.79 Å². The van der Waals surface area contributed by atoms with E-state index in [0.717, 1.165) is 5.56 Å². The second-order valence-electron chi connectivity index (χ2n) is 6.19. The van der Waals surface area contributed by atoms with Crippen LogP contribution in [0.2, 0.25) is 5.02 Å². The lowest BCUT2D eigenvalue weighted by atomic mass is 10.1. The lowest BCUT2D eigenvalue weighted by molar-refractivity contribution is 0.102. The summed E-state index contributed by atoms with van der Waals surface area (Å²) in [6.07, 6.45) is 0. The van der Waals surface area contributed by atoms with Gasteiger partial charge in [-0.05, 0) is 50.6 Å². The van der Waals surface area contributed by atoms with E-state index in [1.807, 2.05) is 19.9 Å². The van der Waals surface area contributed by atoms with E-state index in [1.54, 1.807) is 37.3 Å². The molecule has 1 N–H and O–H groups in total. The molecule has 1 heterocycles. The van der Waals surface area contributed by atoms with Gasteiger partial charge in [-0.3, -0.25) is 14.4 Å². The van der Waals surface area contributed by atoms with E-state index >= 15 is 0 Å². The Morgan fingerprint density at radius 2 is 1.56 bits per heavy atom. The maximum atomic E-state index is 12.6. The lowest BCUT2D eigenvalue weighted by Gasteiger charge is -2.16. The topological polar surface area (TPSA) is 73.1 Å². The summed E-state index contributed by atoms with van der Waals surface area (Å²) in [6.45, 7) is 6.21. The molecule has 2 aromatic carbocycles. The molecule has 0 fully saturated rings. The molecule has 6 nitrogen and oxygen atoms in total. The highest BCUT2D eigenvalue weighted by Crippen LogP contribution is 2.24. The zero-order valence-electron chi connectivity index (χ0n) is 15.4. The summed E-state index contributed by atoms with van der Waals surface area (Å²) < 4.78 is 2.88. The fourth-order valence-electron chi connectivity index (χ4n) is 3.16. The fourth-order valence-corrected chi connectivity index (χ4v) is 3.38. The number of anilines is 1. The highest BCUT2D eigenvalue weighted by Gasteiger charge is 2.16. The predicted octanol–water partition coefficient (Wildman–Crippen LogP) is 3.42. The highest BCUT2D eigenvalue weighted by molar-refractivity contribution is 6.34. The fraction of sp³-hybridized carbons (Fsp3) is 0.250. The first-order valence-electron chi connectivity index (χ1n) is 8.72. The van der Waals surface area contributed by atoms with E-state index in [-0.39, 0.29) is 5.91 Å². The number of rotatable bonds is 4. The number of nitrogens with zero attached hydrogens (tertiary/aromatic N) is 2. The number of fused-ring (bicyclic) bond motifs is 1. The third-order valence-corrected chi connectivity index (χ3v) is 4.91. The van der Waals surface area contributed by atoms with Crippen LogP contribution in [-0.2, 0) is 13.1 Å². The van der Waals surface area contributed by atoms with E-state index < -0.39 is 11.1 Å². The molecule has 0 radical (unpaired) electrons. The van der Waals surface area contributed by atoms with E-state index in [9.17, 15) is 14.4 Å². The Kier molecular flexibility index (Phi) is 5.19. The number of benzene rings is 2. The van der Waals surface area contributed by atoms with Crippen molar-refractivity contribution in [3.8, 4) is 0 Å². The number of hydrogen-bond acceptors (Lipinski definition) is 3. The molecule has 0 atom stereocenters. The van der Waals surface area contributed by atoms with Crippen molar-refractivity contribution in [2.24, 2.45) is 0 Å². The standard InChI is InChI=1S/C20H20ClN3O3/c1-4-23-16-10-12(3)15(11-17(16)24(5-2)20(27)19(23)26)22-18(25)13-8-6-7-9-14(13)21/h6-11H,4-5H2,1-3H3,(H,22,25). The molecule has 0 bridgehead atoms. The summed E-state index contributed by atoms with van der Waals surface area (Å²) in [5.41, 5.74) is 1.87. The van der Waals surface area contributed by atoms with Crippen LogP contribution < -0.4 is 16.4 Å². The first kappa shape index (κ1) is 18.9. The van der Waals surface area contributed by atoms with Gasteiger partial charge in [0.2, 0.25) is 0 Å². The van der Waals surface area contributed by atoms with Crippen molar-refractivity contribution in [3.63, 3.8) is 0 Å². The molecule has 140 valence electrons. The Balaban J connectivity index is 2.18. The molecule has 3 aromatic rings. The van der Waals surface area contributed by atoms with Crippen LogP contribution in [0.4, 0.5) is 5.69 Å². The Labute approximate surface area is 161 Å². The number of amides is 1. The molecule has 0 unspecified atom stereocenters. The average molecular weight is 386 g/mol. The first-order valence-corrected chi connectivity index (χ1v) is 9.10. The summed E-state index contributed by atoms with van der Waals surface area (Å²) in [5, 5.41) is 3.22. The van der Waals surface area contributed by atoms with Gasteiger partial charge in [-0.25, -0.2) is 0 Å². The number of carbonyl (C=O) groups excluding carboxylic acids is 1. The van der Waals surface area contributed by atoms with E-state index in [1.165, 1.54) is 9.13 Å². The number of carbonyl (C=O) groups is 1. The van der Waals surface area contributed by atoms with Crippen LogP contribution in [0.1, 0.15) is 29.8 Å². The van der Waals surface area contributed by atoms with Crippen molar-refractivity contribution in [1.82, 2.24) is 9.13 Å².